The molecule has 0 N–H and O–H groups in total. The molecule has 0 spiro atoms. The molecule has 0 atom stereocenters. The summed E-state index contributed by atoms with van der Waals surface area (Å²) in [6, 6.07) is 9.97. The number of sulfonamides is 1. The molecule has 0 radical (unpaired) electrons. The maximum Gasteiger partial charge on any atom is 0.225 e. The van der Waals surface area contributed by atoms with Gasteiger partial charge in [0.2, 0.25) is 15.9 Å². The highest BCUT2D eigenvalue weighted by Gasteiger charge is 2.35. The highest BCUT2D eigenvalue weighted by molar-refractivity contribution is 7.89. The quantitative estimate of drug-likeness (QED) is 0.787. The maximum atomic E-state index is 12.6. The van der Waals surface area contributed by atoms with Gasteiger partial charge in [0, 0.05) is 32.1 Å². The minimum Gasteiger partial charge on any atom is -0.341 e. The Kier molecular flexibility index (Phi) is 5.56. The van der Waals surface area contributed by atoms with Gasteiger partial charge in [-0.1, -0.05) is 30.3 Å². The Bertz CT molecular complexity index is 656. The summed E-state index contributed by atoms with van der Waals surface area (Å²) < 4.78 is 26.7. The van der Waals surface area contributed by atoms with Crippen LogP contribution >= 0.6 is 0 Å². The fourth-order valence-electron chi connectivity index (χ4n) is 3.21. The molecular weight excluding hydrogens is 324 g/mol. The van der Waals surface area contributed by atoms with Crippen molar-refractivity contribution < 1.29 is 13.2 Å². The molecule has 0 bridgehead atoms. The summed E-state index contributed by atoms with van der Waals surface area (Å²) in [4.78, 5) is 14.0. The predicted octanol–water partition coefficient (Wildman–Crippen LogP) is 1.89. The van der Waals surface area contributed by atoms with E-state index in [0.717, 1.165) is 25.7 Å². The smallest absolute Gasteiger partial charge is 0.225 e. The van der Waals surface area contributed by atoms with Crippen molar-refractivity contribution in [3.05, 3.63) is 35.9 Å². The van der Waals surface area contributed by atoms with Crippen LogP contribution in [0.4, 0.5) is 0 Å². The molecule has 2 fully saturated rings. The van der Waals surface area contributed by atoms with E-state index in [-0.39, 0.29) is 17.6 Å². The van der Waals surface area contributed by atoms with Crippen LogP contribution in [-0.4, -0.2) is 55.5 Å². The summed E-state index contributed by atoms with van der Waals surface area (Å²) in [5.41, 5.74) is 1.17. The highest BCUT2D eigenvalue weighted by Crippen LogP contribution is 2.31. The Hall–Kier alpha value is -1.40. The monoisotopic (exact) mass is 350 g/mol. The summed E-state index contributed by atoms with van der Waals surface area (Å²) >= 11 is 0. The van der Waals surface area contributed by atoms with Gasteiger partial charge in [-0.3, -0.25) is 4.79 Å². The summed E-state index contributed by atoms with van der Waals surface area (Å²) in [5, 5.41) is 0. The van der Waals surface area contributed by atoms with Gasteiger partial charge in [-0.25, -0.2) is 12.7 Å². The molecule has 24 heavy (non-hydrogen) atoms. The van der Waals surface area contributed by atoms with Crippen LogP contribution < -0.4 is 0 Å². The topological polar surface area (TPSA) is 57.7 Å². The standard InChI is InChI=1S/C18H26N2O3S/c21-18(17-9-10-17)19-11-5-12-20(14-13-19)24(22,23)15-4-8-16-6-2-1-3-7-16/h1-3,6-7,17H,4-5,8-15H2. The van der Waals surface area contributed by atoms with E-state index in [1.54, 1.807) is 4.31 Å². The SMILES string of the molecule is O=C(C1CC1)N1CCCN(S(=O)(=O)CCCc2ccccc2)CC1. The van der Waals surface area contributed by atoms with Gasteiger partial charge in [0.1, 0.15) is 0 Å². The number of carbonyl (C=O) groups is 1. The van der Waals surface area contributed by atoms with E-state index in [9.17, 15) is 13.2 Å². The van der Waals surface area contributed by atoms with Crippen molar-refractivity contribution in [2.24, 2.45) is 5.92 Å². The first-order valence-electron chi connectivity index (χ1n) is 8.87. The molecule has 132 valence electrons. The summed E-state index contributed by atoms with van der Waals surface area (Å²) in [6.07, 6.45) is 4.14. The Balaban J connectivity index is 1.49. The Morgan fingerprint density at radius 1 is 1.04 bits per heavy atom. The number of carbonyl (C=O) groups excluding carboxylic acids is 1. The number of hydrogen-bond acceptors (Lipinski definition) is 3. The first-order chi connectivity index (χ1) is 11.6. The summed E-state index contributed by atoms with van der Waals surface area (Å²) in [5.74, 6) is 0.607. The largest absolute Gasteiger partial charge is 0.341 e. The van der Waals surface area contributed by atoms with Crippen LogP contribution in [0.5, 0.6) is 0 Å². The molecule has 1 aromatic carbocycles. The zero-order valence-electron chi connectivity index (χ0n) is 14.1. The number of aryl methyl sites for hydroxylation is 1. The lowest BCUT2D eigenvalue weighted by Crippen LogP contribution is -2.38. The minimum atomic E-state index is -3.24. The van der Waals surface area contributed by atoms with Crippen molar-refractivity contribution >= 4 is 15.9 Å². The van der Waals surface area contributed by atoms with Crippen molar-refractivity contribution in [2.45, 2.75) is 32.1 Å². The molecule has 1 aromatic rings. The number of amides is 1. The van der Waals surface area contributed by atoms with Crippen molar-refractivity contribution in [1.29, 1.82) is 0 Å². The molecule has 1 amide bonds. The molecule has 1 aliphatic heterocycles. The number of benzene rings is 1. The fraction of sp³-hybridized carbons (Fsp3) is 0.611. The molecule has 2 aliphatic rings. The van der Waals surface area contributed by atoms with Crippen LogP contribution in [0.1, 0.15) is 31.2 Å². The molecule has 3 rings (SSSR count). The molecular formula is C18H26N2O3S. The van der Waals surface area contributed by atoms with Crippen molar-refractivity contribution in [2.75, 3.05) is 31.9 Å². The van der Waals surface area contributed by atoms with Gasteiger partial charge < -0.3 is 4.90 Å². The van der Waals surface area contributed by atoms with Crippen LogP contribution in [0.3, 0.4) is 0 Å². The number of hydrogen-bond donors (Lipinski definition) is 0. The molecule has 6 heteroatoms. The van der Waals surface area contributed by atoms with E-state index in [2.05, 4.69) is 0 Å². The van der Waals surface area contributed by atoms with E-state index in [1.165, 1.54) is 5.56 Å². The van der Waals surface area contributed by atoms with Crippen molar-refractivity contribution in [3.8, 4) is 0 Å². The first kappa shape index (κ1) is 17.4. The Morgan fingerprint density at radius 3 is 2.50 bits per heavy atom. The van der Waals surface area contributed by atoms with Gasteiger partial charge in [0.25, 0.3) is 0 Å². The molecule has 0 aromatic heterocycles. The second-order valence-corrected chi connectivity index (χ2v) is 8.85. The van der Waals surface area contributed by atoms with Crippen molar-refractivity contribution in [1.82, 2.24) is 9.21 Å². The fourth-order valence-corrected chi connectivity index (χ4v) is 4.75. The lowest BCUT2D eigenvalue weighted by atomic mass is 10.1. The zero-order valence-corrected chi connectivity index (χ0v) is 14.9. The number of rotatable bonds is 6. The second-order valence-electron chi connectivity index (χ2n) is 6.76. The molecule has 1 heterocycles. The normalized spacial score (nSPS) is 19.9. The Morgan fingerprint density at radius 2 is 1.79 bits per heavy atom. The van der Waals surface area contributed by atoms with Crippen LogP contribution in [0.2, 0.25) is 0 Å². The lowest BCUT2D eigenvalue weighted by molar-refractivity contribution is -0.132. The van der Waals surface area contributed by atoms with E-state index in [1.807, 2.05) is 35.2 Å². The third-order valence-electron chi connectivity index (χ3n) is 4.80. The lowest BCUT2D eigenvalue weighted by Gasteiger charge is -2.22. The van der Waals surface area contributed by atoms with Gasteiger partial charge in [-0.15, -0.1) is 0 Å². The molecule has 1 saturated carbocycles. The zero-order chi connectivity index (χ0) is 17.0. The first-order valence-corrected chi connectivity index (χ1v) is 10.5. The molecule has 1 saturated heterocycles. The average Bonchev–Trinajstić information content (AvgIpc) is 3.41. The predicted molar refractivity (Wildman–Crippen MR) is 94.0 cm³/mol. The van der Waals surface area contributed by atoms with Gasteiger partial charge in [-0.2, -0.15) is 0 Å². The minimum absolute atomic E-state index is 0.179. The Labute approximate surface area is 144 Å². The van der Waals surface area contributed by atoms with Crippen LogP contribution in [0.25, 0.3) is 0 Å². The van der Waals surface area contributed by atoms with Crippen molar-refractivity contribution in [3.63, 3.8) is 0 Å². The van der Waals surface area contributed by atoms with Gasteiger partial charge in [0.15, 0.2) is 0 Å². The third kappa shape index (κ3) is 4.57. The third-order valence-corrected chi connectivity index (χ3v) is 6.75. The molecule has 1 aliphatic carbocycles. The maximum absolute atomic E-state index is 12.6. The van der Waals surface area contributed by atoms with E-state index < -0.39 is 10.0 Å². The molecule has 5 nitrogen and oxygen atoms in total. The van der Waals surface area contributed by atoms with Crippen LogP contribution in [0, 0.1) is 5.92 Å². The van der Waals surface area contributed by atoms with Gasteiger partial charge in [-0.05, 0) is 37.7 Å². The number of nitrogens with zero attached hydrogens (tertiary/aromatic N) is 2. The van der Waals surface area contributed by atoms with Gasteiger partial charge in [0.05, 0.1) is 5.75 Å². The van der Waals surface area contributed by atoms with E-state index in [0.29, 0.717) is 32.6 Å². The average molecular weight is 350 g/mol. The molecule has 0 unspecified atom stereocenters. The van der Waals surface area contributed by atoms with E-state index in [4.69, 9.17) is 0 Å². The van der Waals surface area contributed by atoms with Crippen LogP contribution in [0.15, 0.2) is 30.3 Å². The highest BCUT2D eigenvalue weighted by atomic mass is 32.2. The van der Waals surface area contributed by atoms with E-state index >= 15 is 0 Å². The summed E-state index contributed by atoms with van der Waals surface area (Å²) in [7, 11) is -3.24. The summed E-state index contributed by atoms with van der Waals surface area (Å²) in [6.45, 7) is 2.19. The van der Waals surface area contributed by atoms with Gasteiger partial charge >= 0.3 is 0 Å². The second kappa shape index (κ2) is 7.66. The van der Waals surface area contributed by atoms with Crippen LogP contribution in [-0.2, 0) is 21.2 Å².